The summed E-state index contributed by atoms with van der Waals surface area (Å²) >= 11 is 3.43. The number of para-hydroxylation sites is 1. The standard InChI is InChI=1S/C15H13BrN4/c16-11-7-5-10(6-8-11)9-18-14-12-3-1-2-4-13(12)19-15(17)20-14/h1-8H,9H2,(H3,17,18,19,20). The van der Waals surface area contributed by atoms with Gasteiger partial charge in [0.2, 0.25) is 5.95 Å². The fourth-order valence-electron chi connectivity index (χ4n) is 2.02. The SMILES string of the molecule is Nc1nc(NCc2ccc(Br)cc2)c2ccccc2n1. The molecule has 3 aromatic rings. The van der Waals surface area contributed by atoms with Gasteiger partial charge < -0.3 is 11.1 Å². The van der Waals surface area contributed by atoms with Gasteiger partial charge in [-0.2, -0.15) is 4.98 Å². The molecule has 0 bridgehead atoms. The van der Waals surface area contributed by atoms with E-state index in [1.54, 1.807) is 0 Å². The Bertz CT molecular complexity index is 740. The van der Waals surface area contributed by atoms with Gasteiger partial charge in [0.1, 0.15) is 5.82 Å². The molecule has 20 heavy (non-hydrogen) atoms. The summed E-state index contributed by atoms with van der Waals surface area (Å²) in [5.74, 6) is 1.04. The fraction of sp³-hybridized carbons (Fsp3) is 0.0667. The third kappa shape index (κ3) is 2.72. The molecule has 0 atom stereocenters. The summed E-state index contributed by atoms with van der Waals surface area (Å²) in [5.41, 5.74) is 7.77. The minimum absolute atomic E-state index is 0.280. The number of aromatic nitrogens is 2. The number of halogens is 1. The summed E-state index contributed by atoms with van der Waals surface area (Å²) < 4.78 is 1.07. The molecule has 0 aliphatic carbocycles. The van der Waals surface area contributed by atoms with Gasteiger partial charge in [-0.15, -0.1) is 0 Å². The first-order chi connectivity index (χ1) is 9.72. The smallest absolute Gasteiger partial charge is 0.222 e. The molecule has 1 heterocycles. The average molecular weight is 329 g/mol. The predicted octanol–water partition coefficient (Wildman–Crippen LogP) is 3.59. The Hall–Kier alpha value is -2.14. The highest BCUT2D eigenvalue weighted by Gasteiger charge is 2.05. The lowest BCUT2D eigenvalue weighted by atomic mass is 10.2. The van der Waals surface area contributed by atoms with Crippen LogP contribution < -0.4 is 11.1 Å². The van der Waals surface area contributed by atoms with Crippen molar-refractivity contribution in [2.24, 2.45) is 0 Å². The Kier molecular flexibility index (Phi) is 3.52. The van der Waals surface area contributed by atoms with Crippen molar-refractivity contribution < 1.29 is 0 Å². The van der Waals surface area contributed by atoms with E-state index in [0.717, 1.165) is 21.2 Å². The topological polar surface area (TPSA) is 63.8 Å². The van der Waals surface area contributed by atoms with Gasteiger partial charge in [-0.25, -0.2) is 4.98 Å². The predicted molar refractivity (Wildman–Crippen MR) is 85.4 cm³/mol. The van der Waals surface area contributed by atoms with Crippen LogP contribution in [0.4, 0.5) is 11.8 Å². The molecule has 0 fully saturated rings. The number of nitrogens with zero attached hydrogens (tertiary/aromatic N) is 2. The molecule has 0 aliphatic rings. The number of nitrogens with two attached hydrogens (primary N) is 1. The Morgan fingerprint density at radius 3 is 2.55 bits per heavy atom. The normalized spacial score (nSPS) is 10.7. The van der Waals surface area contributed by atoms with E-state index in [1.165, 1.54) is 5.56 Å². The Morgan fingerprint density at radius 1 is 1.00 bits per heavy atom. The molecule has 3 rings (SSSR count). The van der Waals surface area contributed by atoms with E-state index in [2.05, 4.69) is 43.3 Å². The summed E-state index contributed by atoms with van der Waals surface area (Å²) in [4.78, 5) is 8.50. The van der Waals surface area contributed by atoms with Gasteiger partial charge in [0.25, 0.3) is 0 Å². The molecule has 100 valence electrons. The Balaban J connectivity index is 1.88. The van der Waals surface area contributed by atoms with Crippen molar-refractivity contribution in [1.29, 1.82) is 0 Å². The van der Waals surface area contributed by atoms with Gasteiger partial charge in [-0.05, 0) is 29.8 Å². The molecule has 0 saturated heterocycles. The first-order valence-corrected chi connectivity index (χ1v) is 7.02. The number of nitrogen functional groups attached to an aromatic ring is 1. The summed E-state index contributed by atoms with van der Waals surface area (Å²) in [6, 6.07) is 16.0. The quantitative estimate of drug-likeness (QED) is 0.771. The number of nitrogens with one attached hydrogen (secondary N) is 1. The molecule has 3 N–H and O–H groups in total. The van der Waals surface area contributed by atoms with E-state index >= 15 is 0 Å². The molecule has 5 heteroatoms. The molecule has 1 aromatic heterocycles. The molecule has 0 saturated carbocycles. The van der Waals surface area contributed by atoms with Crippen molar-refractivity contribution in [3.63, 3.8) is 0 Å². The fourth-order valence-corrected chi connectivity index (χ4v) is 2.28. The Morgan fingerprint density at radius 2 is 1.75 bits per heavy atom. The maximum atomic E-state index is 5.75. The van der Waals surface area contributed by atoms with Crippen LogP contribution in [-0.4, -0.2) is 9.97 Å². The molecule has 0 amide bonds. The second-order valence-electron chi connectivity index (χ2n) is 4.43. The highest BCUT2D eigenvalue weighted by Crippen LogP contribution is 2.21. The summed E-state index contributed by atoms with van der Waals surface area (Å²) in [6.07, 6.45) is 0. The van der Waals surface area contributed by atoms with Gasteiger partial charge in [-0.3, -0.25) is 0 Å². The first kappa shape index (κ1) is 12.9. The van der Waals surface area contributed by atoms with Crippen LogP contribution in [0.3, 0.4) is 0 Å². The summed E-state index contributed by atoms with van der Waals surface area (Å²) in [5, 5.41) is 4.29. The third-order valence-electron chi connectivity index (χ3n) is 2.99. The number of anilines is 2. The van der Waals surface area contributed by atoms with Crippen molar-refractivity contribution in [1.82, 2.24) is 9.97 Å². The lowest BCUT2D eigenvalue weighted by Gasteiger charge is -2.09. The van der Waals surface area contributed by atoms with Gasteiger partial charge in [0.15, 0.2) is 0 Å². The van der Waals surface area contributed by atoms with Crippen molar-refractivity contribution in [2.45, 2.75) is 6.54 Å². The van der Waals surface area contributed by atoms with Crippen LogP contribution in [0.2, 0.25) is 0 Å². The summed E-state index contributed by atoms with van der Waals surface area (Å²) in [6.45, 7) is 0.688. The van der Waals surface area contributed by atoms with Crippen LogP contribution in [0.15, 0.2) is 53.0 Å². The number of hydrogen-bond acceptors (Lipinski definition) is 4. The van der Waals surface area contributed by atoms with E-state index in [1.807, 2.05) is 36.4 Å². The minimum Gasteiger partial charge on any atom is -0.368 e. The maximum Gasteiger partial charge on any atom is 0.222 e. The van der Waals surface area contributed by atoms with Gasteiger partial charge in [-0.1, -0.05) is 40.2 Å². The molecule has 0 radical (unpaired) electrons. The van der Waals surface area contributed by atoms with Gasteiger partial charge >= 0.3 is 0 Å². The van der Waals surface area contributed by atoms with Crippen LogP contribution in [0.1, 0.15) is 5.56 Å². The first-order valence-electron chi connectivity index (χ1n) is 6.23. The van der Waals surface area contributed by atoms with Crippen molar-refractivity contribution in [2.75, 3.05) is 11.1 Å². The lowest BCUT2D eigenvalue weighted by molar-refractivity contribution is 1.11. The van der Waals surface area contributed by atoms with Crippen LogP contribution >= 0.6 is 15.9 Å². The summed E-state index contributed by atoms with van der Waals surface area (Å²) in [7, 11) is 0. The van der Waals surface area contributed by atoms with E-state index in [4.69, 9.17) is 5.73 Å². The van der Waals surface area contributed by atoms with Crippen molar-refractivity contribution >= 4 is 38.6 Å². The van der Waals surface area contributed by atoms with E-state index in [-0.39, 0.29) is 5.95 Å². The largest absolute Gasteiger partial charge is 0.368 e. The Labute approximate surface area is 125 Å². The average Bonchev–Trinajstić information content (AvgIpc) is 2.46. The van der Waals surface area contributed by atoms with E-state index in [9.17, 15) is 0 Å². The second kappa shape index (κ2) is 5.46. The zero-order chi connectivity index (χ0) is 13.9. The van der Waals surface area contributed by atoms with Crippen molar-refractivity contribution in [3.8, 4) is 0 Å². The molecule has 0 spiro atoms. The second-order valence-corrected chi connectivity index (χ2v) is 5.34. The molecule has 2 aromatic carbocycles. The maximum absolute atomic E-state index is 5.75. The zero-order valence-electron chi connectivity index (χ0n) is 10.7. The minimum atomic E-state index is 0.280. The highest BCUT2D eigenvalue weighted by atomic mass is 79.9. The van der Waals surface area contributed by atoms with Crippen LogP contribution in [0.25, 0.3) is 10.9 Å². The monoisotopic (exact) mass is 328 g/mol. The number of rotatable bonds is 3. The van der Waals surface area contributed by atoms with Crippen LogP contribution in [0.5, 0.6) is 0 Å². The number of fused-ring (bicyclic) bond motifs is 1. The van der Waals surface area contributed by atoms with E-state index in [0.29, 0.717) is 6.54 Å². The molecular weight excluding hydrogens is 316 g/mol. The zero-order valence-corrected chi connectivity index (χ0v) is 12.3. The molecule has 0 aliphatic heterocycles. The molecular formula is C15H13BrN4. The highest BCUT2D eigenvalue weighted by molar-refractivity contribution is 9.10. The lowest BCUT2D eigenvalue weighted by Crippen LogP contribution is -2.05. The van der Waals surface area contributed by atoms with Gasteiger partial charge in [0.05, 0.1) is 5.52 Å². The number of hydrogen-bond donors (Lipinski definition) is 2. The van der Waals surface area contributed by atoms with Gasteiger partial charge in [0, 0.05) is 16.4 Å². The number of benzene rings is 2. The van der Waals surface area contributed by atoms with Crippen molar-refractivity contribution in [3.05, 3.63) is 58.6 Å². The van der Waals surface area contributed by atoms with E-state index < -0.39 is 0 Å². The van der Waals surface area contributed by atoms with Crippen LogP contribution in [0, 0.1) is 0 Å². The third-order valence-corrected chi connectivity index (χ3v) is 3.52. The molecule has 4 nitrogen and oxygen atoms in total. The molecule has 0 unspecified atom stereocenters. The van der Waals surface area contributed by atoms with Crippen LogP contribution in [-0.2, 0) is 6.54 Å².